The van der Waals surface area contributed by atoms with Crippen LogP contribution in [0.3, 0.4) is 0 Å². The van der Waals surface area contributed by atoms with Gasteiger partial charge in [0.2, 0.25) is 5.91 Å². The van der Waals surface area contributed by atoms with E-state index in [4.69, 9.17) is 10.5 Å². The molecule has 2 amide bonds. The minimum atomic E-state index is -0.609. The SMILES string of the molecule is CCOC(=O)/C=C/C(=O)Nc1sc(Cc2ccccc2)c(C)c1C(N)=O. The number of anilines is 1. The average molecular weight is 372 g/mol. The van der Waals surface area contributed by atoms with Gasteiger partial charge in [-0.1, -0.05) is 30.3 Å². The van der Waals surface area contributed by atoms with Crippen LogP contribution in [0, 0.1) is 6.92 Å². The smallest absolute Gasteiger partial charge is 0.330 e. The minimum absolute atomic E-state index is 0.226. The predicted octanol–water partition coefficient (Wildman–Crippen LogP) is 2.80. The van der Waals surface area contributed by atoms with Crippen LogP contribution in [0.5, 0.6) is 0 Å². The van der Waals surface area contributed by atoms with Gasteiger partial charge in [-0.25, -0.2) is 4.79 Å². The predicted molar refractivity (Wildman–Crippen MR) is 101 cm³/mol. The Kier molecular flexibility index (Phi) is 6.68. The van der Waals surface area contributed by atoms with Gasteiger partial charge in [0, 0.05) is 23.5 Å². The Morgan fingerprint density at radius 2 is 1.88 bits per heavy atom. The number of nitrogens with one attached hydrogen (secondary N) is 1. The molecule has 6 nitrogen and oxygen atoms in total. The lowest BCUT2D eigenvalue weighted by Crippen LogP contribution is -2.16. The summed E-state index contributed by atoms with van der Waals surface area (Å²) in [5, 5.41) is 3.00. The zero-order valence-electron chi connectivity index (χ0n) is 14.6. The lowest BCUT2D eigenvalue weighted by molar-refractivity contribution is -0.137. The fourth-order valence-electron chi connectivity index (χ4n) is 2.38. The number of amides is 2. The Balaban J connectivity index is 2.22. The Morgan fingerprint density at radius 1 is 1.19 bits per heavy atom. The van der Waals surface area contributed by atoms with E-state index in [0.717, 1.165) is 28.2 Å². The number of rotatable bonds is 7. The lowest BCUT2D eigenvalue weighted by Gasteiger charge is -2.02. The molecule has 2 aromatic rings. The van der Waals surface area contributed by atoms with Crippen molar-refractivity contribution in [3.8, 4) is 0 Å². The summed E-state index contributed by atoms with van der Waals surface area (Å²) in [7, 11) is 0. The number of carbonyl (C=O) groups is 3. The number of nitrogens with two attached hydrogens (primary N) is 1. The number of esters is 1. The minimum Gasteiger partial charge on any atom is -0.463 e. The van der Waals surface area contributed by atoms with Crippen LogP contribution in [0.1, 0.15) is 33.3 Å². The molecule has 0 spiro atoms. The molecule has 0 aliphatic heterocycles. The molecular weight excluding hydrogens is 352 g/mol. The molecule has 7 heteroatoms. The van der Waals surface area contributed by atoms with Crippen LogP contribution in [-0.2, 0) is 20.7 Å². The Labute approximate surface area is 155 Å². The molecule has 0 radical (unpaired) electrons. The number of carbonyl (C=O) groups excluding carboxylic acids is 3. The van der Waals surface area contributed by atoms with Crippen LogP contribution >= 0.6 is 11.3 Å². The second-order valence-electron chi connectivity index (χ2n) is 5.46. The highest BCUT2D eigenvalue weighted by Crippen LogP contribution is 2.34. The number of benzene rings is 1. The Hall–Kier alpha value is -2.93. The number of thiophene rings is 1. The largest absolute Gasteiger partial charge is 0.463 e. The van der Waals surface area contributed by atoms with E-state index in [2.05, 4.69) is 5.32 Å². The third-order valence-corrected chi connectivity index (χ3v) is 4.80. The van der Waals surface area contributed by atoms with E-state index >= 15 is 0 Å². The standard InChI is InChI=1S/C19H20N2O4S/c1-3-25-16(23)10-9-15(22)21-19-17(18(20)24)12(2)14(26-19)11-13-7-5-4-6-8-13/h4-10H,3,11H2,1-2H3,(H2,20,24)(H,21,22)/b10-9+. The maximum absolute atomic E-state index is 12.0. The monoisotopic (exact) mass is 372 g/mol. The summed E-state index contributed by atoms with van der Waals surface area (Å²) in [4.78, 5) is 36.1. The molecule has 0 atom stereocenters. The van der Waals surface area contributed by atoms with Crippen molar-refractivity contribution in [3.63, 3.8) is 0 Å². The molecule has 26 heavy (non-hydrogen) atoms. The zero-order chi connectivity index (χ0) is 19.1. The van der Waals surface area contributed by atoms with Crippen molar-refractivity contribution in [1.29, 1.82) is 0 Å². The fraction of sp³-hybridized carbons (Fsp3) is 0.211. The molecule has 1 aromatic heterocycles. The number of hydrogen-bond donors (Lipinski definition) is 2. The third kappa shape index (κ3) is 5.03. The first-order chi connectivity index (χ1) is 12.4. The van der Waals surface area contributed by atoms with Gasteiger partial charge in [0.15, 0.2) is 0 Å². The maximum atomic E-state index is 12.0. The van der Waals surface area contributed by atoms with Crippen molar-refractivity contribution in [1.82, 2.24) is 0 Å². The van der Waals surface area contributed by atoms with Crippen LogP contribution in [0.2, 0.25) is 0 Å². The van der Waals surface area contributed by atoms with Crippen LogP contribution in [-0.4, -0.2) is 24.4 Å². The second-order valence-corrected chi connectivity index (χ2v) is 6.56. The first-order valence-electron chi connectivity index (χ1n) is 8.04. The van der Waals surface area contributed by atoms with Crippen molar-refractivity contribution >= 4 is 34.1 Å². The number of hydrogen-bond acceptors (Lipinski definition) is 5. The molecule has 0 saturated heterocycles. The topological polar surface area (TPSA) is 98.5 Å². The molecule has 3 N–H and O–H groups in total. The van der Waals surface area contributed by atoms with Gasteiger partial charge in [0.25, 0.3) is 5.91 Å². The van der Waals surface area contributed by atoms with Gasteiger partial charge in [0.05, 0.1) is 12.2 Å². The van der Waals surface area contributed by atoms with E-state index in [1.54, 1.807) is 13.8 Å². The summed E-state index contributed by atoms with van der Waals surface area (Å²) in [6.45, 7) is 3.70. The normalized spacial score (nSPS) is 10.7. The van der Waals surface area contributed by atoms with Gasteiger partial charge in [-0.05, 0) is 25.0 Å². The van der Waals surface area contributed by atoms with E-state index in [9.17, 15) is 14.4 Å². The van der Waals surface area contributed by atoms with E-state index < -0.39 is 17.8 Å². The Morgan fingerprint density at radius 3 is 2.50 bits per heavy atom. The van der Waals surface area contributed by atoms with E-state index in [1.165, 1.54) is 11.3 Å². The highest BCUT2D eigenvalue weighted by atomic mass is 32.1. The van der Waals surface area contributed by atoms with Crippen LogP contribution in [0.15, 0.2) is 42.5 Å². The number of ether oxygens (including phenoxy) is 1. The summed E-state index contributed by atoms with van der Waals surface area (Å²) >= 11 is 1.30. The highest BCUT2D eigenvalue weighted by Gasteiger charge is 2.20. The molecule has 0 aliphatic carbocycles. The second kappa shape index (κ2) is 8.96. The van der Waals surface area contributed by atoms with Crippen molar-refractivity contribution in [2.75, 3.05) is 11.9 Å². The molecule has 0 fully saturated rings. The number of primary amides is 1. The zero-order valence-corrected chi connectivity index (χ0v) is 15.4. The fourth-order valence-corrected chi connectivity index (χ4v) is 3.63. The maximum Gasteiger partial charge on any atom is 0.330 e. The molecule has 0 unspecified atom stereocenters. The first-order valence-corrected chi connectivity index (χ1v) is 8.85. The lowest BCUT2D eigenvalue weighted by atomic mass is 10.1. The summed E-state index contributed by atoms with van der Waals surface area (Å²) < 4.78 is 4.72. The first kappa shape index (κ1) is 19.4. The van der Waals surface area contributed by atoms with Gasteiger partial charge in [-0.2, -0.15) is 0 Å². The summed E-state index contributed by atoms with van der Waals surface area (Å²) in [5.41, 5.74) is 7.61. The quantitative estimate of drug-likeness (QED) is 0.577. The molecule has 0 aliphatic rings. The summed E-state index contributed by atoms with van der Waals surface area (Å²) in [6, 6.07) is 9.79. The molecule has 0 saturated carbocycles. The third-order valence-electron chi connectivity index (χ3n) is 3.59. The van der Waals surface area contributed by atoms with Gasteiger partial charge in [-0.3, -0.25) is 9.59 Å². The van der Waals surface area contributed by atoms with Crippen molar-refractivity contribution in [2.45, 2.75) is 20.3 Å². The molecular formula is C19H20N2O4S. The van der Waals surface area contributed by atoms with Gasteiger partial charge in [0.1, 0.15) is 5.00 Å². The Bertz CT molecular complexity index is 841. The summed E-state index contributed by atoms with van der Waals surface area (Å²) in [6.07, 6.45) is 2.73. The molecule has 0 bridgehead atoms. The molecule has 136 valence electrons. The van der Waals surface area contributed by atoms with Gasteiger partial charge >= 0.3 is 5.97 Å². The van der Waals surface area contributed by atoms with E-state index in [-0.39, 0.29) is 6.61 Å². The van der Waals surface area contributed by atoms with Crippen molar-refractivity contribution in [2.24, 2.45) is 5.73 Å². The summed E-state index contributed by atoms with van der Waals surface area (Å²) in [5.74, 6) is -1.75. The highest BCUT2D eigenvalue weighted by molar-refractivity contribution is 7.17. The van der Waals surface area contributed by atoms with Crippen molar-refractivity contribution < 1.29 is 19.1 Å². The molecule has 1 aromatic carbocycles. The average Bonchev–Trinajstić information content (AvgIpc) is 2.89. The van der Waals surface area contributed by atoms with E-state index in [1.807, 2.05) is 30.3 Å². The van der Waals surface area contributed by atoms with Gasteiger partial charge < -0.3 is 15.8 Å². The molecule has 2 rings (SSSR count). The van der Waals surface area contributed by atoms with Crippen molar-refractivity contribution in [3.05, 3.63) is 64.1 Å². The molecule has 1 heterocycles. The van der Waals surface area contributed by atoms with Gasteiger partial charge in [-0.15, -0.1) is 11.3 Å². The van der Waals surface area contributed by atoms with Crippen LogP contribution in [0.25, 0.3) is 0 Å². The van der Waals surface area contributed by atoms with Crippen LogP contribution < -0.4 is 11.1 Å². The van der Waals surface area contributed by atoms with E-state index in [0.29, 0.717) is 17.0 Å². The van der Waals surface area contributed by atoms with Crippen LogP contribution in [0.4, 0.5) is 5.00 Å².